The molecule has 0 unspecified atom stereocenters. The molecule has 0 bridgehead atoms. The Balaban J connectivity index is 1.06. The van der Waals surface area contributed by atoms with Crippen molar-refractivity contribution < 1.29 is 9.53 Å². The van der Waals surface area contributed by atoms with Gasteiger partial charge in [0.25, 0.3) is 0 Å². The molecule has 0 radical (unpaired) electrons. The van der Waals surface area contributed by atoms with E-state index in [2.05, 4.69) is 44.8 Å². The fraction of sp³-hybridized carbons (Fsp3) is 0.429. The van der Waals surface area contributed by atoms with E-state index in [1.165, 1.54) is 24.0 Å². The predicted molar refractivity (Wildman–Crippen MR) is 136 cm³/mol. The Morgan fingerprint density at radius 2 is 2.06 bits per heavy atom. The number of aromatic nitrogens is 5. The molecule has 36 heavy (non-hydrogen) atoms. The Kier molecular flexibility index (Phi) is 5.16. The van der Waals surface area contributed by atoms with Crippen LogP contribution in [0.1, 0.15) is 54.3 Å². The summed E-state index contributed by atoms with van der Waals surface area (Å²) in [4.78, 5) is 22.2. The van der Waals surface area contributed by atoms with Crippen LogP contribution in [0.25, 0.3) is 16.9 Å². The SMILES string of the molecule is Cn1ncc(C[C@H]2CCOC2)c1-c1ccc2nc(NC(=O)[C@H]3C[C@H]3c3ccc(C4CC4)cn3)cn2c1. The summed E-state index contributed by atoms with van der Waals surface area (Å²) >= 11 is 0. The van der Waals surface area contributed by atoms with Crippen molar-refractivity contribution in [3.05, 3.63) is 65.9 Å². The molecule has 2 saturated carbocycles. The number of carbonyl (C=O) groups is 1. The zero-order valence-electron chi connectivity index (χ0n) is 20.4. The van der Waals surface area contributed by atoms with Crippen LogP contribution in [-0.2, 0) is 23.0 Å². The maximum Gasteiger partial charge on any atom is 0.229 e. The predicted octanol–water partition coefficient (Wildman–Crippen LogP) is 4.33. The van der Waals surface area contributed by atoms with Gasteiger partial charge in [0.15, 0.2) is 5.82 Å². The van der Waals surface area contributed by atoms with Gasteiger partial charge in [-0.05, 0) is 73.3 Å². The first-order valence-electron chi connectivity index (χ1n) is 13.0. The molecule has 3 atom stereocenters. The van der Waals surface area contributed by atoms with Gasteiger partial charge in [-0.2, -0.15) is 5.10 Å². The zero-order valence-corrected chi connectivity index (χ0v) is 20.4. The van der Waals surface area contributed by atoms with Gasteiger partial charge in [0, 0.05) is 55.7 Å². The summed E-state index contributed by atoms with van der Waals surface area (Å²) in [5.41, 5.74) is 6.58. The Morgan fingerprint density at radius 3 is 2.83 bits per heavy atom. The Labute approximate surface area is 209 Å². The number of aryl methyl sites for hydroxylation is 1. The lowest BCUT2D eigenvalue weighted by atomic mass is 9.97. The highest BCUT2D eigenvalue weighted by atomic mass is 16.5. The molecule has 1 saturated heterocycles. The first-order valence-corrected chi connectivity index (χ1v) is 13.0. The molecule has 7 rings (SSSR count). The molecule has 4 aromatic rings. The third kappa shape index (κ3) is 4.09. The number of rotatable bonds is 7. The number of fused-ring (bicyclic) bond motifs is 1. The van der Waals surface area contributed by atoms with E-state index in [0.717, 1.165) is 55.1 Å². The number of ether oxygens (including phenoxy) is 1. The third-order valence-corrected chi connectivity index (χ3v) is 7.89. The van der Waals surface area contributed by atoms with Gasteiger partial charge in [0.05, 0.1) is 18.1 Å². The molecule has 3 aliphatic rings. The number of carbonyl (C=O) groups excluding carboxylic acids is 1. The van der Waals surface area contributed by atoms with E-state index in [9.17, 15) is 4.79 Å². The summed E-state index contributed by atoms with van der Waals surface area (Å²) in [6, 6.07) is 8.35. The fourth-order valence-electron chi connectivity index (χ4n) is 5.58. The minimum absolute atomic E-state index is 0.0180. The molecule has 2 aliphatic carbocycles. The maximum atomic E-state index is 12.9. The standard InChI is InChI=1S/C28H30N6O2/c1-33-27(21(13-30-33)10-17-8-9-36-16-17)20-5-7-26-31-25(15-34(26)14-20)32-28(35)23-11-22(23)24-6-4-19(12-29-24)18-2-3-18/h4-7,12-15,17-18,22-23H,2-3,8-11,16H2,1H3,(H,32,35)/t17-,22-,23+/m1/s1. The number of nitrogens with zero attached hydrogens (tertiary/aromatic N) is 5. The van der Waals surface area contributed by atoms with Crippen LogP contribution in [0.15, 0.2) is 49.1 Å². The lowest BCUT2D eigenvalue weighted by molar-refractivity contribution is -0.117. The lowest BCUT2D eigenvalue weighted by Crippen LogP contribution is -2.15. The van der Waals surface area contributed by atoms with Crippen LogP contribution in [0, 0.1) is 11.8 Å². The van der Waals surface area contributed by atoms with Crippen molar-refractivity contribution in [3.8, 4) is 11.3 Å². The van der Waals surface area contributed by atoms with Gasteiger partial charge in [-0.3, -0.25) is 14.5 Å². The minimum atomic E-state index is -0.0405. The molecule has 1 amide bonds. The van der Waals surface area contributed by atoms with Crippen LogP contribution in [0.2, 0.25) is 0 Å². The second-order valence-electron chi connectivity index (χ2n) is 10.6. The van der Waals surface area contributed by atoms with Gasteiger partial charge in [0.2, 0.25) is 5.91 Å². The lowest BCUT2D eigenvalue weighted by Gasteiger charge is -2.10. The Hall–Kier alpha value is -3.52. The van der Waals surface area contributed by atoms with E-state index in [-0.39, 0.29) is 17.7 Å². The van der Waals surface area contributed by atoms with Crippen LogP contribution < -0.4 is 5.32 Å². The monoisotopic (exact) mass is 482 g/mol. The van der Waals surface area contributed by atoms with Crippen molar-refractivity contribution >= 4 is 17.4 Å². The first-order chi connectivity index (χ1) is 17.6. The first kappa shape index (κ1) is 21.7. The van der Waals surface area contributed by atoms with E-state index < -0.39 is 0 Å². The van der Waals surface area contributed by atoms with Crippen molar-refractivity contribution in [2.24, 2.45) is 18.9 Å². The average molecular weight is 483 g/mol. The summed E-state index contributed by atoms with van der Waals surface area (Å²) in [5.74, 6) is 2.00. The molecule has 0 aromatic carbocycles. The van der Waals surface area contributed by atoms with Crippen LogP contribution in [0.5, 0.6) is 0 Å². The number of amides is 1. The number of hydrogen-bond acceptors (Lipinski definition) is 5. The Bertz CT molecular complexity index is 1430. The van der Waals surface area contributed by atoms with Crippen LogP contribution in [-0.4, -0.2) is 43.3 Å². The van der Waals surface area contributed by atoms with Gasteiger partial charge in [-0.25, -0.2) is 4.98 Å². The summed E-state index contributed by atoms with van der Waals surface area (Å²) in [6.07, 6.45) is 13.4. The van der Waals surface area contributed by atoms with Gasteiger partial charge in [-0.1, -0.05) is 6.07 Å². The minimum Gasteiger partial charge on any atom is -0.381 e. The van der Waals surface area contributed by atoms with Crippen LogP contribution in [0.4, 0.5) is 5.82 Å². The second kappa shape index (κ2) is 8.55. The normalized spacial score (nSPS) is 23.3. The molecule has 1 aliphatic heterocycles. The van der Waals surface area contributed by atoms with E-state index >= 15 is 0 Å². The molecular formula is C28H30N6O2. The molecular weight excluding hydrogens is 452 g/mol. The molecule has 4 aromatic heterocycles. The number of imidazole rings is 1. The van der Waals surface area contributed by atoms with E-state index in [0.29, 0.717) is 17.7 Å². The van der Waals surface area contributed by atoms with Gasteiger partial charge in [0.1, 0.15) is 5.65 Å². The summed E-state index contributed by atoms with van der Waals surface area (Å²) < 4.78 is 9.47. The maximum absolute atomic E-state index is 12.9. The molecule has 8 heteroatoms. The molecule has 3 fully saturated rings. The van der Waals surface area contributed by atoms with Crippen molar-refractivity contribution in [1.82, 2.24) is 24.1 Å². The quantitative estimate of drug-likeness (QED) is 0.424. The smallest absolute Gasteiger partial charge is 0.229 e. The summed E-state index contributed by atoms with van der Waals surface area (Å²) in [6.45, 7) is 1.67. The van der Waals surface area contributed by atoms with Crippen molar-refractivity contribution in [1.29, 1.82) is 0 Å². The number of nitrogens with one attached hydrogen (secondary N) is 1. The third-order valence-electron chi connectivity index (χ3n) is 7.89. The van der Waals surface area contributed by atoms with Gasteiger partial charge in [-0.15, -0.1) is 0 Å². The topological polar surface area (TPSA) is 86.3 Å². The largest absolute Gasteiger partial charge is 0.381 e. The van der Waals surface area contributed by atoms with Crippen molar-refractivity contribution in [2.75, 3.05) is 18.5 Å². The molecule has 184 valence electrons. The van der Waals surface area contributed by atoms with E-state index in [4.69, 9.17) is 4.74 Å². The average Bonchev–Trinajstić information content (AvgIpc) is 3.76. The van der Waals surface area contributed by atoms with Crippen molar-refractivity contribution in [2.45, 2.75) is 43.9 Å². The van der Waals surface area contributed by atoms with Crippen LogP contribution in [0.3, 0.4) is 0 Å². The van der Waals surface area contributed by atoms with Gasteiger partial charge < -0.3 is 14.5 Å². The molecule has 1 N–H and O–H groups in total. The number of anilines is 1. The molecule has 8 nitrogen and oxygen atoms in total. The highest BCUT2D eigenvalue weighted by Crippen LogP contribution is 2.48. The Morgan fingerprint density at radius 1 is 1.14 bits per heavy atom. The van der Waals surface area contributed by atoms with Crippen LogP contribution >= 0.6 is 0 Å². The second-order valence-corrected chi connectivity index (χ2v) is 10.6. The number of hydrogen-bond donors (Lipinski definition) is 1. The highest BCUT2D eigenvalue weighted by molar-refractivity contribution is 5.94. The highest BCUT2D eigenvalue weighted by Gasteiger charge is 2.45. The molecule has 0 spiro atoms. The summed E-state index contributed by atoms with van der Waals surface area (Å²) in [7, 11) is 1.98. The van der Waals surface area contributed by atoms with Crippen molar-refractivity contribution in [3.63, 3.8) is 0 Å². The van der Waals surface area contributed by atoms with Gasteiger partial charge >= 0.3 is 0 Å². The fourth-order valence-corrected chi connectivity index (χ4v) is 5.58. The zero-order chi connectivity index (χ0) is 24.2. The van der Waals surface area contributed by atoms with E-state index in [1.807, 2.05) is 40.8 Å². The van der Waals surface area contributed by atoms with E-state index in [1.54, 1.807) is 0 Å². The molecule has 5 heterocycles. The number of pyridine rings is 2. The summed E-state index contributed by atoms with van der Waals surface area (Å²) in [5, 5.41) is 7.55.